The minimum atomic E-state index is 0.0781. The number of benzene rings is 1. The molecule has 3 heterocycles. The average Bonchev–Trinajstić information content (AvgIpc) is 3.13. The highest BCUT2D eigenvalue weighted by Gasteiger charge is 2.17. The van der Waals surface area contributed by atoms with Crippen LogP contribution >= 0.6 is 0 Å². The van der Waals surface area contributed by atoms with Gasteiger partial charge in [0, 0.05) is 37.7 Å². The minimum absolute atomic E-state index is 0.0781. The largest absolute Gasteiger partial charge is 0.489 e. The van der Waals surface area contributed by atoms with Crippen molar-refractivity contribution < 1.29 is 9.47 Å². The molecule has 0 aliphatic carbocycles. The number of aromatic nitrogens is 4. The molecule has 0 bridgehead atoms. The fourth-order valence-electron chi connectivity index (χ4n) is 3.03. The third-order valence-corrected chi connectivity index (χ3v) is 4.55. The van der Waals surface area contributed by atoms with Crippen molar-refractivity contribution >= 4 is 11.6 Å². The van der Waals surface area contributed by atoms with Crippen molar-refractivity contribution in [3.63, 3.8) is 0 Å². The van der Waals surface area contributed by atoms with Crippen molar-refractivity contribution in [2.24, 2.45) is 7.05 Å². The third-order valence-electron chi connectivity index (χ3n) is 4.55. The molecule has 0 atom stereocenters. The SMILES string of the molecule is Cn1nccc1Nc1ccnc(-c2ccc(OC3CCOCC3)c(C#N)c2)n1. The van der Waals surface area contributed by atoms with Crippen molar-refractivity contribution in [1.82, 2.24) is 19.7 Å². The summed E-state index contributed by atoms with van der Waals surface area (Å²) in [5.74, 6) is 2.58. The van der Waals surface area contributed by atoms with E-state index in [-0.39, 0.29) is 6.10 Å². The first-order chi connectivity index (χ1) is 13.7. The van der Waals surface area contributed by atoms with Crippen LogP contribution in [0.2, 0.25) is 0 Å². The van der Waals surface area contributed by atoms with Crippen LogP contribution in [0.3, 0.4) is 0 Å². The van der Waals surface area contributed by atoms with E-state index in [4.69, 9.17) is 9.47 Å². The van der Waals surface area contributed by atoms with Gasteiger partial charge in [-0.2, -0.15) is 10.4 Å². The molecule has 1 saturated heterocycles. The van der Waals surface area contributed by atoms with Crippen LogP contribution in [0.15, 0.2) is 42.7 Å². The van der Waals surface area contributed by atoms with Gasteiger partial charge in [-0.05, 0) is 24.3 Å². The van der Waals surface area contributed by atoms with Crippen LogP contribution in [0.25, 0.3) is 11.4 Å². The predicted octanol–water partition coefficient (Wildman–Crippen LogP) is 3.05. The molecule has 1 aliphatic rings. The Labute approximate surface area is 162 Å². The Morgan fingerprint density at radius 1 is 1.21 bits per heavy atom. The molecular formula is C20H20N6O2. The molecule has 1 aromatic carbocycles. The summed E-state index contributed by atoms with van der Waals surface area (Å²) in [7, 11) is 1.85. The number of nitrogens with one attached hydrogen (secondary N) is 1. The summed E-state index contributed by atoms with van der Waals surface area (Å²) in [4.78, 5) is 8.89. The lowest BCUT2D eigenvalue weighted by Gasteiger charge is -2.23. The summed E-state index contributed by atoms with van der Waals surface area (Å²) in [6.45, 7) is 1.38. The minimum Gasteiger partial charge on any atom is -0.489 e. The van der Waals surface area contributed by atoms with E-state index in [9.17, 15) is 5.26 Å². The van der Waals surface area contributed by atoms with Crippen LogP contribution in [0, 0.1) is 11.3 Å². The smallest absolute Gasteiger partial charge is 0.161 e. The molecule has 8 heteroatoms. The van der Waals surface area contributed by atoms with Crippen molar-refractivity contribution in [2.75, 3.05) is 18.5 Å². The van der Waals surface area contributed by atoms with E-state index in [2.05, 4.69) is 26.5 Å². The number of anilines is 2. The van der Waals surface area contributed by atoms with Crippen LogP contribution < -0.4 is 10.1 Å². The molecule has 1 N–H and O–H groups in total. The second-order valence-corrected chi connectivity index (χ2v) is 6.48. The van der Waals surface area contributed by atoms with Crippen LogP contribution in [0.5, 0.6) is 5.75 Å². The Morgan fingerprint density at radius 2 is 2.07 bits per heavy atom. The first kappa shape index (κ1) is 17.9. The number of ether oxygens (including phenoxy) is 2. The Morgan fingerprint density at radius 3 is 2.82 bits per heavy atom. The number of hydrogen-bond acceptors (Lipinski definition) is 7. The zero-order chi connectivity index (χ0) is 19.3. The van der Waals surface area contributed by atoms with E-state index in [1.807, 2.05) is 25.2 Å². The van der Waals surface area contributed by atoms with Gasteiger partial charge in [-0.25, -0.2) is 9.97 Å². The van der Waals surface area contributed by atoms with E-state index in [0.29, 0.717) is 36.2 Å². The molecule has 0 amide bonds. The molecule has 28 heavy (non-hydrogen) atoms. The molecule has 142 valence electrons. The highest BCUT2D eigenvalue weighted by atomic mass is 16.5. The van der Waals surface area contributed by atoms with Gasteiger partial charge in [0.05, 0.1) is 25.0 Å². The van der Waals surface area contributed by atoms with Gasteiger partial charge in [0.25, 0.3) is 0 Å². The van der Waals surface area contributed by atoms with E-state index in [1.54, 1.807) is 29.2 Å². The lowest BCUT2D eigenvalue weighted by molar-refractivity contribution is 0.0254. The Bertz CT molecular complexity index is 1000. The van der Waals surface area contributed by atoms with E-state index >= 15 is 0 Å². The summed E-state index contributed by atoms with van der Waals surface area (Å²) < 4.78 is 13.1. The summed E-state index contributed by atoms with van der Waals surface area (Å²) in [6, 6.07) is 11.3. The van der Waals surface area contributed by atoms with Gasteiger partial charge in [-0.1, -0.05) is 0 Å². The first-order valence-electron chi connectivity index (χ1n) is 9.10. The molecule has 1 aliphatic heterocycles. The van der Waals surface area contributed by atoms with Gasteiger partial charge < -0.3 is 14.8 Å². The molecule has 0 unspecified atom stereocenters. The fourth-order valence-corrected chi connectivity index (χ4v) is 3.03. The maximum Gasteiger partial charge on any atom is 0.161 e. The number of hydrogen-bond donors (Lipinski definition) is 1. The predicted molar refractivity (Wildman–Crippen MR) is 103 cm³/mol. The van der Waals surface area contributed by atoms with Gasteiger partial charge in [-0.3, -0.25) is 4.68 Å². The number of nitriles is 1. The van der Waals surface area contributed by atoms with E-state index < -0.39 is 0 Å². The zero-order valence-corrected chi connectivity index (χ0v) is 15.5. The van der Waals surface area contributed by atoms with Gasteiger partial charge in [0.15, 0.2) is 5.82 Å². The summed E-state index contributed by atoms with van der Waals surface area (Å²) in [5.41, 5.74) is 1.22. The number of rotatable bonds is 5. The topological polar surface area (TPSA) is 97.9 Å². The normalized spacial score (nSPS) is 14.4. The van der Waals surface area contributed by atoms with Gasteiger partial charge in [0.1, 0.15) is 29.6 Å². The Hall–Kier alpha value is -3.44. The second kappa shape index (κ2) is 8.06. The van der Waals surface area contributed by atoms with Crippen molar-refractivity contribution in [1.29, 1.82) is 5.26 Å². The van der Waals surface area contributed by atoms with E-state index in [0.717, 1.165) is 24.2 Å². The van der Waals surface area contributed by atoms with Gasteiger partial charge in [-0.15, -0.1) is 0 Å². The van der Waals surface area contributed by atoms with Crippen LogP contribution in [0.4, 0.5) is 11.6 Å². The lowest BCUT2D eigenvalue weighted by Crippen LogP contribution is -2.26. The van der Waals surface area contributed by atoms with Crippen molar-refractivity contribution in [3.8, 4) is 23.2 Å². The molecule has 2 aromatic heterocycles. The molecule has 0 radical (unpaired) electrons. The summed E-state index contributed by atoms with van der Waals surface area (Å²) in [5, 5.41) is 16.9. The second-order valence-electron chi connectivity index (χ2n) is 6.48. The summed E-state index contributed by atoms with van der Waals surface area (Å²) >= 11 is 0. The molecular weight excluding hydrogens is 356 g/mol. The highest BCUT2D eigenvalue weighted by Crippen LogP contribution is 2.27. The first-order valence-corrected chi connectivity index (χ1v) is 9.10. The van der Waals surface area contributed by atoms with Crippen LogP contribution in [-0.2, 0) is 11.8 Å². The van der Waals surface area contributed by atoms with Crippen molar-refractivity contribution in [3.05, 3.63) is 48.3 Å². The van der Waals surface area contributed by atoms with Crippen LogP contribution in [0.1, 0.15) is 18.4 Å². The molecule has 3 aromatic rings. The number of aryl methyl sites for hydroxylation is 1. The Kier molecular flexibility index (Phi) is 5.17. The highest BCUT2D eigenvalue weighted by molar-refractivity contribution is 5.63. The van der Waals surface area contributed by atoms with Crippen molar-refractivity contribution in [2.45, 2.75) is 18.9 Å². The zero-order valence-electron chi connectivity index (χ0n) is 15.5. The number of nitrogens with zero attached hydrogens (tertiary/aromatic N) is 5. The van der Waals surface area contributed by atoms with E-state index in [1.165, 1.54) is 0 Å². The summed E-state index contributed by atoms with van der Waals surface area (Å²) in [6.07, 6.45) is 5.13. The average molecular weight is 376 g/mol. The van der Waals surface area contributed by atoms with Gasteiger partial charge >= 0.3 is 0 Å². The quantitative estimate of drug-likeness (QED) is 0.731. The maximum absolute atomic E-state index is 9.56. The molecule has 8 nitrogen and oxygen atoms in total. The fraction of sp³-hybridized carbons (Fsp3) is 0.300. The molecule has 0 spiro atoms. The molecule has 4 rings (SSSR count). The standard InChI is InChI=1S/C20H20N6O2/c1-26-19(5-9-23-26)24-18-4-8-22-20(25-18)14-2-3-17(15(12-14)13-21)28-16-6-10-27-11-7-16/h2-5,8-9,12,16H,6-7,10-11H2,1H3,(H,22,24,25). The third kappa shape index (κ3) is 3.94. The van der Waals surface area contributed by atoms with Crippen LogP contribution in [-0.4, -0.2) is 39.1 Å². The molecule has 1 fully saturated rings. The molecule has 0 saturated carbocycles. The Balaban J connectivity index is 1.56. The maximum atomic E-state index is 9.56. The van der Waals surface area contributed by atoms with Gasteiger partial charge in [0.2, 0.25) is 0 Å². The lowest BCUT2D eigenvalue weighted by atomic mass is 10.1. The monoisotopic (exact) mass is 376 g/mol.